The van der Waals surface area contributed by atoms with Gasteiger partial charge in [0.25, 0.3) is 0 Å². The minimum absolute atomic E-state index is 0.0897. The van der Waals surface area contributed by atoms with Gasteiger partial charge >= 0.3 is 0 Å². The SMILES string of the molecule is CC(N)Cc1nnc(C2CCCC2)o1. The lowest BCUT2D eigenvalue weighted by molar-refractivity contribution is 0.408. The van der Waals surface area contributed by atoms with Crippen LogP contribution in [0.2, 0.25) is 0 Å². The second-order valence-corrected chi connectivity index (χ2v) is 4.20. The van der Waals surface area contributed by atoms with E-state index in [4.69, 9.17) is 10.2 Å². The molecule has 1 fully saturated rings. The van der Waals surface area contributed by atoms with Crippen molar-refractivity contribution < 1.29 is 4.42 Å². The van der Waals surface area contributed by atoms with Crippen molar-refractivity contribution in [3.8, 4) is 0 Å². The van der Waals surface area contributed by atoms with Gasteiger partial charge in [-0.15, -0.1) is 10.2 Å². The Balaban J connectivity index is 2.01. The fourth-order valence-corrected chi connectivity index (χ4v) is 1.96. The van der Waals surface area contributed by atoms with Crippen LogP contribution < -0.4 is 5.73 Å². The molecule has 1 heterocycles. The molecule has 2 rings (SSSR count). The Morgan fingerprint density at radius 2 is 2.14 bits per heavy atom. The van der Waals surface area contributed by atoms with Gasteiger partial charge < -0.3 is 10.2 Å². The molecule has 0 saturated heterocycles. The molecular formula is C10H17N3O. The molecule has 1 aliphatic carbocycles. The maximum atomic E-state index is 5.66. The summed E-state index contributed by atoms with van der Waals surface area (Å²) in [6.07, 6.45) is 5.64. The van der Waals surface area contributed by atoms with Gasteiger partial charge in [0.05, 0.1) is 0 Å². The minimum Gasteiger partial charge on any atom is -0.425 e. The number of nitrogens with zero attached hydrogens (tertiary/aromatic N) is 2. The molecule has 1 unspecified atom stereocenters. The van der Waals surface area contributed by atoms with Crippen molar-refractivity contribution >= 4 is 0 Å². The standard InChI is InChI=1S/C10H17N3O/c1-7(11)6-9-12-13-10(14-9)8-4-2-3-5-8/h7-8H,2-6,11H2,1H3. The van der Waals surface area contributed by atoms with E-state index in [2.05, 4.69) is 10.2 Å². The lowest BCUT2D eigenvalue weighted by Crippen LogP contribution is -2.17. The van der Waals surface area contributed by atoms with E-state index in [0.717, 1.165) is 5.89 Å². The molecule has 0 aromatic carbocycles. The van der Waals surface area contributed by atoms with Crippen molar-refractivity contribution in [1.82, 2.24) is 10.2 Å². The Morgan fingerprint density at radius 3 is 2.79 bits per heavy atom. The molecule has 78 valence electrons. The first-order valence-corrected chi connectivity index (χ1v) is 5.33. The Morgan fingerprint density at radius 1 is 1.43 bits per heavy atom. The van der Waals surface area contributed by atoms with Crippen molar-refractivity contribution in [2.45, 2.75) is 51.0 Å². The average molecular weight is 195 g/mol. The summed E-state index contributed by atoms with van der Waals surface area (Å²) >= 11 is 0. The van der Waals surface area contributed by atoms with E-state index in [1.807, 2.05) is 6.92 Å². The number of hydrogen-bond acceptors (Lipinski definition) is 4. The molecular weight excluding hydrogens is 178 g/mol. The average Bonchev–Trinajstić information content (AvgIpc) is 2.69. The first-order valence-electron chi connectivity index (χ1n) is 5.33. The third kappa shape index (κ3) is 2.12. The van der Waals surface area contributed by atoms with Crippen LogP contribution in [0.5, 0.6) is 0 Å². The van der Waals surface area contributed by atoms with Crippen molar-refractivity contribution in [1.29, 1.82) is 0 Å². The number of aromatic nitrogens is 2. The number of rotatable bonds is 3. The molecule has 1 saturated carbocycles. The topological polar surface area (TPSA) is 64.9 Å². The molecule has 1 aliphatic rings. The summed E-state index contributed by atoms with van der Waals surface area (Å²) in [5.74, 6) is 2.00. The van der Waals surface area contributed by atoms with Crippen LogP contribution >= 0.6 is 0 Å². The van der Waals surface area contributed by atoms with E-state index in [1.165, 1.54) is 25.7 Å². The summed E-state index contributed by atoms with van der Waals surface area (Å²) < 4.78 is 5.58. The van der Waals surface area contributed by atoms with Gasteiger partial charge in [0, 0.05) is 18.4 Å². The molecule has 0 radical (unpaired) electrons. The number of hydrogen-bond donors (Lipinski definition) is 1. The van der Waals surface area contributed by atoms with Crippen LogP contribution in [0.1, 0.15) is 50.3 Å². The largest absolute Gasteiger partial charge is 0.425 e. The molecule has 1 aromatic rings. The van der Waals surface area contributed by atoms with Gasteiger partial charge in [-0.2, -0.15) is 0 Å². The lowest BCUT2D eigenvalue weighted by Gasteiger charge is -2.01. The first-order chi connectivity index (χ1) is 6.75. The highest BCUT2D eigenvalue weighted by Crippen LogP contribution is 2.33. The van der Waals surface area contributed by atoms with Crippen LogP contribution in [0, 0.1) is 0 Å². The first kappa shape index (κ1) is 9.65. The van der Waals surface area contributed by atoms with Crippen LogP contribution in [0.15, 0.2) is 4.42 Å². The van der Waals surface area contributed by atoms with E-state index in [0.29, 0.717) is 18.2 Å². The highest BCUT2D eigenvalue weighted by atomic mass is 16.4. The van der Waals surface area contributed by atoms with Gasteiger partial charge in [-0.1, -0.05) is 12.8 Å². The van der Waals surface area contributed by atoms with Crippen LogP contribution in [-0.2, 0) is 6.42 Å². The van der Waals surface area contributed by atoms with Crippen LogP contribution in [0.4, 0.5) is 0 Å². The van der Waals surface area contributed by atoms with Crippen molar-refractivity contribution in [3.63, 3.8) is 0 Å². The van der Waals surface area contributed by atoms with Gasteiger partial charge in [-0.05, 0) is 19.8 Å². The molecule has 2 N–H and O–H groups in total. The smallest absolute Gasteiger partial charge is 0.219 e. The van der Waals surface area contributed by atoms with E-state index >= 15 is 0 Å². The van der Waals surface area contributed by atoms with Gasteiger partial charge in [0.1, 0.15) is 0 Å². The van der Waals surface area contributed by atoms with Crippen LogP contribution in [-0.4, -0.2) is 16.2 Å². The fourth-order valence-electron chi connectivity index (χ4n) is 1.96. The van der Waals surface area contributed by atoms with Crippen molar-refractivity contribution in [2.24, 2.45) is 5.73 Å². The summed E-state index contributed by atoms with van der Waals surface area (Å²) in [7, 11) is 0. The fraction of sp³-hybridized carbons (Fsp3) is 0.800. The predicted molar refractivity (Wildman–Crippen MR) is 52.9 cm³/mol. The molecule has 0 amide bonds. The molecule has 0 bridgehead atoms. The monoisotopic (exact) mass is 195 g/mol. The number of nitrogens with two attached hydrogens (primary N) is 1. The molecule has 14 heavy (non-hydrogen) atoms. The molecule has 0 aliphatic heterocycles. The predicted octanol–water partition coefficient (Wildman–Crippen LogP) is 1.62. The summed E-state index contributed by atoms with van der Waals surface area (Å²) in [5, 5.41) is 8.08. The highest BCUT2D eigenvalue weighted by Gasteiger charge is 2.22. The van der Waals surface area contributed by atoms with Gasteiger partial charge in [-0.3, -0.25) is 0 Å². The van der Waals surface area contributed by atoms with E-state index in [1.54, 1.807) is 0 Å². The minimum atomic E-state index is 0.0897. The van der Waals surface area contributed by atoms with E-state index in [-0.39, 0.29) is 6.04 Å². The Kier molecular flexibility index (Phi) is 2.82. The Labute approximate surface area is 83.9 Å². The van der Waals surface area contributed by atoms with Crippen LogP contribution in [0.3, 0.4) is 0 Å². The van der Waals surface area contributed by atoms with Gasteiger partial charge in [0.2, 0.25) is 11.8 Å². The zero-order valence-electron chi connectivity index (χ0n) is 8.57. The Bertz CT molecular complexity index is 289. The summed E-state index contributed by atoms with van der Waals surface area (Å²) in [4.78, 5) is 0. The second-order valence-electron chi connectivity index (χ2n) is 4.20. The third-order valence-corrected chi connectivity index (χ3v) is 2.68. The molecule has 4 nitrogen and oxygen atoms in total. The van der Waals surface area contributed by atoms with Crippen molar-refractivity contribution in [2.75, 3.05) is 0 Å². The summed E-state index contributed by atoms with van der Waals surface area (Å²) in [6.45, 7) is 1.94. The summed E-state index contributed by atoms with van der Waals surface area (Å²) in [5.41, 5.74) is 5.66. The van der Waals surface area contributed by atoms with E-state index in [9.17, 15) is 0 Å². The second kappa shape index (κ2) is 4.09. The zero-order valence-corrected chi connectivity index (χ0v) is 8.57. The van der Waals surface area contributed by atoms with Gasteiger partial charge in [-0.25, -0.2) is 0 Å². The van der Waals surface area contributed by atoms with E-state index < -0.39 is 0 Å². The zero-order chi connectivity index (χ0) is 9.97. The molecule has 0 spiro atoms. The molecule has 4 heteroatoms. The Hall–Kier alpha value is -0.900. The maximum absolute atomic E-state index is 5.66. The third-order valence-electron chi connectivity index (χ3n) is 2.68. The maximum Gasteiger partial charge on any atom is 0.219 e. The van der Waals surface area contributed by atoms with Crippen molar-refractivity contribution in [3.05, 3.63) is 11.8 Å². The quantitative estimate of drug-likeness (QED) is 0.795. The lowest BCUT2D eigenvalue weighted by atomic mass is 10.1. The molecule has 1 atom stereocenters. The van der Waals surface area contributed by atoms with Crippen LogP contribution in [0.25, 0.3) is 0 Å². The molecule has 1 aromatic heterocycles. The normalized spacial score (nSPS) is 20.1. The van der Waals surface area contributed by atoms with Gasteiger partial charge in [0.15, 0.2) is 0 Å². The summed E-state index contributed by atoms with van der Waals surface area (Å²) in [6, 6.07) is 0.0897. The highest BCUT2D eigenvalue weighted by molar-refractivity contribution is 4.94.